The SMILES string of the molecule is COc1ccc2oc(C(=O)N3CC[C@@H]4CN(C(=O)OC(C)(C)C)C[C@H]4C3)c(C)c2c1. The number of fused-ring (bicyclic) bond motifs is 2. The number of aryl methyl sites for hydroxylation is 1. The largest absolute Gasteiger partial charge is 0.497 e. The van der Waals surface area contributed by atoms with Crippen molar-refractivity contribution >= 4 is 23.0 Å². The Bertz CT molecular complexity index is 974. The van der Waals surface area contributed by atoms with Crippen LogP contribution in [0.15, 0.2) is 22.6 Å². The van der Waals surface area contributed by atoms with Gasteiger partial charge in [0.05, 0.1) is 7.11 Å². The number of benzene rings is 1. The van der Waals surface area contributed by atoms with Gasteiger partial charge in [-0.15, -0.1) is 0 Å². The van der Waals surface area contributed by atoms with Crippen molar-refractivity contribution in [2.24, 2.45) is 11.8 Å². The Morgan fingerprint density at radius 3 is 2.50 bits per heavy atom. The summed E-state index contributed by atoms with van der Waals surface area (Å²) in [6, 6.07) is 5.56. The quantitative estimate of drug-likeness (QED) is 0.740. The Balaban J connectivity index is 1.47. The number of nitrogens with zero attached hydrogens (tertiary/aromatic N) is 2. The lowest BCUT2D eigenvalue weighted by molar-refractivity contribution is 0.0284. The number of ether oxygens (including phenoxy) is 2. The number of likely N-dealkylation sites (tertiary alicyclic amines) is 2. The molecule has 2 fully saturated rings. The van der Waals surface area contributed by atoms with E-state index in [4.69, 9.17) is 13.9 Å². The molecule has 2 saturated heterocycles. The predicted octanol–water partition coefficient (Wildman–Crippen LogP) is 4.08. The van der Waals surface area contributed by atoms with Gasteiger partial charge in [0.25, 0.3) is 5.91 Å². The lowest BCUT2D eigenvalue weighted by atomic mass is 9.88. The number of carbonyl (C=O) groups excluding carboxylic acids is 2. The van der Waals surface area contributed by atoms with Crippen LogP contribution in [-0.4, -0.2) is 60.7 Å². The third-order valence-corrected chi connectivity index (χ3v) is 6.08. The average Bonchev–Trinajstić information content (AvgIpc) is 3.26. The number of hydrogen-bond acceptors (Lipinski definition) is 5. The number of furan rings is 1. The first-order valence-corrected chi connectivity index (χ1v) is 10.5. The van der Waals surface area contributed by atoms with Crippen LogP contribution in [0.25, 0.3) is 11.0 Å². The molecule has 0 spiro atoms. The van der Waals surface area contributed by atoms with Crippen molar-refractivity contribution in [1.82, 2.24) is 9.80 Å². The first-order valence-electron chi connectivity index (χ1n) is 10.5. The number of carbonyl (C=O) groups is 2. The molecule has 2 aromatic rings. The number of rotatable bonds is 2. The Morgan fingerprint density at radius 1 is 1.10 bits per heavy atom. The van der Waals surface area contributed by atoms with Gasteiger partial charge in [0.1, 0.15) is 16.9 Å². The highest BCUT2D eigenvalue weighted by Crippen LogP contribution is 2.34. The minimum absolute atomic E-state index is 0.0863. The molecule has 7 heteroatoms. The van der Waals surface area contributed by atoms with Crippen molar-refractivity contribution in [2.45, 2.75) is 39.7 Å². The Morgan fingerprint density at radius 2 is 1.80 bits per heavy atom. The van der Waals surface area contributed by atoms with Gasteiger partial charge in [0, 0.05) is 37.1 Å². The van der Waals surface area contributed by atoms with Crippen LogP contribution in [0.4, 0.5) is 4.79 Å². The summed E-state index contributed by atoms with van der Waals surface area (Å²) >= 11 is 0. The maximum absolute atomic E-state index is 13.2. The summed E-state index contributed by atoms with van der Waals surface area (Å²) in [5.41, 5.74) is 1.01. The number of methoxy groups -OCH3 is 1. The van der Waals surface area contributed by atoms with E-state index in [0.717, 1.165) is 23.1 Å². The van der Waals surface area contributed by atoms with E-state index in [2.05, 4.69) is 0 Å². The molecule has 2 amide bonds. The molecule has 1 aromatic carbocycles. The van der Waals surface area contributed by atoms with E-state index < -0.39 is 5.60 Å². The van der Waals surface area contributed by atoms with Crippen molar-refractivity contribution in [2.75, 3.05) is 33.3 Å². The van der Waals surface area contributed by atoms with E-state index >= 15 is 0 Å². The molecule has 0 bridgehead atoms. The lowest BCUT2D eigenvalue weighted by Crippen LogP contribution is -2.43. The molecule has 0 unspecified atom stereocenters. The molecular weight excluding hydrogens is 384 g/mol. The summed E-state index contributed by atoms with van der Waals surface area (Å²) in [6.07, 6.45) is 0.611. The van der Waals surface area contributed by atoms with E-state index in [1.807, 2.05) is 50.8 Å². The fourth-order valence-corrected chi connectivity index (χ4v) is 4.50. The van der Waals surface area contributed by atoms with Crippen LogP contribution >= 0.6 is 0 Å². The standard InChI is InChI=1S/C23H30N2O5/c1-14-18-10-17(28-5)6-7-19(18)29-20(14)21(26)24-9-8-15-11-25(13-16(15)12-24)22(27)30-23(2,3)4/h6-7,10,15-16H,8-9,11-13H2,1-5H3/t15-,16-/m1/s1. The highest BCUT2D eigenvalue weighted by atomic mass is 16.6. The zero-order valence-electron chi connectivity index (χ0n) is 18.4. The van der Waals surface area contributed by atoms with Crippen molar-refractivity contribution in [3.8, 4) is 5.75 Å². The van der Waals surface area contributed by atoms with Crippen LogP contribution in [0, 0.1) is 18.8 Å². The Hall–Kier alpha value is -2.70. The molecule has 0 aliphatic carbocycles. The van der Waals surface area contributed by atoms with Gasteiger partial charge in [-0.05, 0) is 64.2 Å². The van der Waals surface area contributed by atoms with Crippen LogP contribution in [0.1, 0.15) is 43.3 Å². The minimum Gasteiger partial charge on any atom is -0.497 e. The summed E-state index contributed by atoms with van der Waals surface area (Å²) in [5.74, 6) is 1.71. The topological polar surface area (TPSA) is 72.2 Å². The van der Waals surface area contributed by atoms with E-state index in [-0.39, 0.29) is 17.9 Å². The number of amides is 2. The normalized spacial score (nSPS) is 21.6. The van der Waals surface area contributed by atoms with Crippen LogP contribution in [0.3, 0.4) is 0 Å². The zero-order chi connectivity index (χ0) is 21.6. The van der Waals surface area contributed by atoms with Gasteiger partial charge in [-0.3, -0.25) is 4.79 Å². The second-order valence-electron chi connectivity index (χ2n) is 9.36. The first-order chi connectivity index (χ1) is 14.2. The molecule has 0 radical (unpaired) electrons. The highest BCUT2D eigenvalue weighted by molar-refractivity contribution is 5.99. The molecule has 0 saturated carbocycles. The van der Waals surface area contributed by atoms with E-state index in [0.29, 0.717) is 43.4 Å². The van der Waals surface area contributed by atoms with Gasteiger partial charge in [-0.25, -0.2) is 4.79 Å². The minimum atomic E-state index is -0.506. The summed E-state index contributed by atoms with van der Waals surface area (Å²) < 4.78 is 16.7. The number of piperidine rings is 1. The third-order valence-electron chi connectivity index (χ3n) is 6.08. The van der Waals surface area contributed by atoms with Crippen molar-refractivity contribution < 1.29 is 23.5 Å². The second kappa shape index (κ2) is 7.52. The second-order valence-corrected chi connectivity index (χ2v) is 9.36. The molecule has 7 nitrogen and oxygen atoms in total. The summed E-state index contributed by atoms with van der Waals surface area (Å²) in [6.45, 7) is 10.2. The molecule has 2 aliphatic heterocycles. The van der Waals surface area contributed by atoms with Crippen molar-refractivity contribution in [3.05, 3.63) is 29.5 Å². The van der Waals surface area contributed by atoms with Crippen LogP contribution in [0.2, 0.25) is 0 Å². The molecule has 3 heterocycles. The van der Waals surface area contributed by atoms with Gasteiger partial charge in [-0.2, -0.15) is 0 Å². The van der Waals surface area contributed by atoms with Crippen molar-refractivity contribution in [3.63, 3.8) is 0 Å². The summed E-state index contributed by atoms with van der Waals surface area (Å²) in [4.78, 5) is 29.3. The predicted molar refractivity (Wildman–Crippen MR) is 113 cm³/mol. The summed E-state index contributed by atoms with van der Waals surface area (Å²) in [5, 5.41) is 0.893. The first kappa shape index (κ1) is 20.6. The monoisotopic (exact) mass is 414 g/mol. The number of hydrogen-bond donors (Lipinski definition) is 0. The maximum Gasteiger partial charge on any atom is 0.410 e. The molecule has 2 aliphatic rings. The zero-order valence-corrected chi connectivity index (χ0v) is 18.4. The van der Waals surface area contributed by atoms with Gasteiger partial charge in [-0.1, -0.05) is 0 Å². The molecular formula is C23H30N2O5. The van der Waals surface area contributed by atoms with Gasteiger partial charge >= 0.3 is 6.09 Å². The molecule has 0 N–H and O–H groups in total. The average molecular weight is 415 g/mol. The fraction of sp³-hybridized carbons (Fsp3) is 0.565. The highest BCUT2D eigenvalue weighted by Gasteiger charge is 2.41. The van der Waals surface area contributed by atoms with E-state index in [9.17, 15) is 9.59 Å². The summed E-state index contributed by atoms with van der Waals surface area (Å²) in [7, 11) is 1.62. The van der Waals surface area contributed by atoms with Crippen LogP contribution in [0.5, 0.6) is 5.75 Å². The molecule has 162 valence electrons. The molecule has 30 heavy (non-hydrogen) atoms. The third kappa shape index (κ3) is 3.85. The van der Waals surface area contributed by atoms with Crippen LogP contribution < -0.4 is 4.74 Å². The molecule has 1 aromatic heterocycles. The fourth-order valence-electron chi connectivity index (χ4n) is 4.50. The Kier molecular flexibility index (Phi) is 5.16. The van der Waals surface area contributed by atoms with Gasteiger partial charge in [0.2, 0.25) is 0 Å². The van der Waals surface area contributed by atoms with Gasteiger partial charge in [0.15, 0.2) is 5.76 Å². The lowest BCUT2D eigenvalue weighted by Gasteiger charge is -2.33. The molecule has 2 atom stereocenters. The molecule has 4 rings (SSSR count). The maximum atomic E-state index is 13.2. The van der Waals surface area contributed by atoms with Gasteiger partial charge < -0.3 is 23.7 Å². The van der Waals surface area contributed by atoms with Crippen molar-refractivity contribution in [1.29, 1.82) is 0 Å². The van der Waals surface area contributed by atoms with E-state index in [1.165, 1.54) is 0 Å². The van der Waals surface area contributed by atoms with E-state index in [1.54, 1.807) is 12.0 Å². The Labute approximate surface area is 176 Å². The van der Waals surface area contributed by atoms with Crippen LogP contribution in [-0.2, 0) is 4.74 Å². The smallest absolute Gasteiger partial charge is 0.410 e.